The molecule has 1 amide bonds. The molecule has 0 atom stereocenters. The summed E-state index contributed by atoms with van der Waals surface area (Å²) in [5, 5.41) is 14.8. The highest BCUT2D eigenvalue weighted by atomic mass is 16.5. The molecule has 0 unspecified atom stereocenters. The van der Waals surface area contributed by atoms with Crippen LogP contribution in [-0.4, -0.2) is 30.3 Å². The Morgan fingerprint density at radius 1 is 1.29 bits per heavy atom. The van der Waals surface area contributed by atoms with Gasteiger partial charge in [-0.05, 0) is 35.4 Å². The molecular formula is C19H17N3O2. The summed E-state index contributed by atoms with van der Waals surface area (Å²) in [6.45, 7) is 0.581. The molecule has 0 bridgehead atoms. The number of methoxy groups -OCH3 is 1. The SMILES string of the molecule is COc1cccc(CC(=O)N2CCC(c3ccc(C#N)cc3)=N2)c1. The Morgan fingerprint density at radius 2 is 2.08 bits per heavy atom. The summed E-state index contributed by atoms with van der Waals surface area (Å²) < 4.78 is 5.18. The number of ether oxygens (including phenoxy) is 1. The number of hydrogen-bond donors (Lipinski definition) is 0. The first-order valence-electron chi connectivity index (χ1n) is 7.71. The van der Waals surface area contributed by atoms with Gasteiger partial charge in [-0.1, -0.05) is 24.3 Å². The van der Waals surface area contributed by atoms with E-state index in [9.17, 15) is 4.79 Å². The monoisotopic (exact) mass is 319 g/mol. The van der Waals surface area contributed by atoms with Crippen molar-refractivity contribution in [1.29, 1.82) is 5.26 Å². The molecule has 120 valence electrons. The molecule has 0 aromatic heterocycles. The number of hydrazone groups is 1. The lowest BCUT2D eigenvalue weighted by Crippen LogP contribution is -2.25. The fraction of sp³-hybridized carbons (Fsp3) is 0.211. The quantitative estimate of drug-likeness (QED) is 0.870. The average molecular weight is 319 g/mol. The molecule has 0 N–H and O–H groups in total. The van der Waals surface area contributed by atoms with Crippen molar-refractivity contribution in [2.24, 2.45) is 5.10 Å². The summed E-state index contributed by atoms with van der Waals surface area (Å²) in [6.07, 6.45) is 1.01. The predicted molar refractivity (Wildman–Crippen MR) is 90.7 cm³/mol. The van der Waals surface area contributed by atoms with Crippen LogP contribution in [0.5, 0.6) is 5.75 Å². The summed E-state index contributed by atoms with van der Waals surface area (Å²) in [5.41, 5.74) is 3.34. The second kappa shape index (κ2) is 6.97. The first-order chi connectivity index (χ1) is 11.7. The van der Waals surface area contributed by atoms with Gasteiger partial charge in [-0.2, -0.15) is 10.4 Å². The van der Waals surface area contributed by atoms with Crippen LogP contribution in [0.25, 0.3) is 0 Å². The first-order valence-corrected chi connectivity index (χ1v) is 7.71. The molecule has 2 aromatic rings. The lowest BCUT2D eigenvalue weighted by molar-refractivity contribution is -0.130. The van der Waals surface area contributed by atoms with Gasteiger partial charge in [0.2, 0.25) is 5.91 Å². The van der Waals surface area contributed by atoms with Gasteiger partial charge in [0, 0.05) is 6.42 Å². The van der Waals surface area contributed by atoms with Gasteiger partial charge in [-0.15, -0.1) is 0 Å². The van der Waals surface area contributed by atoms with Crippen molar-refractivity contribution in [3.63, 3.8) is 0 Å². The molecule has 24 heavy (non-hydrogen) atoms. The molecule has 0 spiro atoms. The fourth-order valence-corrected chi connectivity index (χ4v) is 2.63. The Hall–Kier alpha value is -3.13. The van der Waals surface area contributed by atoms with Crippen LogP contribution < -0.4 is 4.74 Å². The van der Waals surface area contributed by atoms with Gasteiger partial charge < -0.3 is 4.74 Å². The molecular weight excluding hydrogens is 302 g/mol. The van der Waals surface area contributed by atoms with Crippen molar-refractivity contribution in [3.8, 4) is 11.8 Å². The van der Waals surface area contributed by atoms with Crippen molar-refractivity contribution < 1.29 is 9.53 Å². The van der Waals surface area contributed by atoms with Crippen molar-refractivity contribution in [3.05, 3.63) is 65.2 Å². The van der Waals surface area contributed by atoms with Gasteiger partial charge in [0.1, 0.15) is 5.75 Å². The van der Waals surface area contributed by atoms with Crippen LogP contribution in [0, 0.1) is 11.3 Å². The molecule has 0 fully saturated rings. The van der Waals surface area contributed by atoms with Crippen LogP contribution in [0.4, 0.5) is 0 Å². The van der Waals surface area contributed by atoms with E-state index in [1.165, 1.54) is 5.01 Å². The zero-order valence-corrected chi connectivity index (χ0v) is 13.4. The topological polar surface area (TPSA) is 65.7 Å². The Balaban J connectivity index is 1.70. The van der Waals surface area contributed by atoms with E-state index in [0.29, 0.717) is 18.5 Å². The molecule has 5 heteroatoms. The summed E-state index contributed by atoms with van der Waals surface area (Å²) in [7, 11) is 1.61. The molecule has 2 aromatic carbocycles. The van der Waals surface area contributed by atoms with E-state index in [0.717, 1.165) is 29.0 Å². The zero-order valence-electron chi connectivity index (χ0n) is 13.4. The minimum atomic E-state index is -0.0353. The molecule has 5 nitrogen and oxygen atoms in total. The third-order valence-electron chi connectivity index (χ3n) is 3.93. The molecule has 1 aliphatic rings. The van der Waals surface area contributed by atoms with E-state index in [-0.39, 0.29) is 5.91 Å². The second-order valence-electron chi connectivity index (χ2n) is 5.53. The van der Waals surface area contributed by atoms with Crippen LogP contribution in [0.15, 0.2) is 53.6 Å². The normalized spacial score (nSPS) is 13.3. The third-order valence-corrected chi connectivity index (χ3v) is 3.93. The average Bonchev–Trinajstić information content (AvgIpc) is 3.12. The fourth-order valence-electron chi connectivity index (χ4n) is 2.63. The Kier molecular flexibility index (Phi) is 4.57. The second-order valence-corrected chi connectivity index (χ2v) is 5.53. The van der Waals surface area contributed by atoms with E-state index in [1.54, 1.807) is 19.2 Å². The van der Waals surface area contributed by atoms with E-state index >= 15 is 0 Å². The number of nitrogens with zero attached hydrogens (tertiary/aromatic N) is 3. The Bertz CT molecular complexity index is 819. The highest BCUT2D eigenvalue weighted by Crippen LogP contribution is 2.17. The third kappa shape index (κ3) is 3.44. The van der Waals surface area contributed by atoms with Gasteiger partial charge in [0.15, 0.2) is 0 Å². The maximum absolute atomic E-state index is 12.4. The number of benzene rings is 2. The van der Waals surface area contributed by atoms with Crippen LogP contribution in [0.2, 0.25) is 0 Å². The lowest BCUT2D eigenvalue weighted by Gasteiger charge is -2.11. The Morgan fingerprint density at radius 3 is 2.79 bits per heavy atom. The zero-order chi connectivity index (χ0) is 16.9. The summed E-state index contributed by atoms with van der Waals surface area (Å²) in [6, 6.07) is 16.8. The molecule has 0 radical (unpaired) electrons. The lowest BCUT2D eigenvalue weighted by atomic mass is 10.1. The van der Waals surface area contributed by atoms with Crippen LogP contribution in [0.3, 0.4) is 0 Å². The highest BCUT2D eigenvalue weighted by Gasteiger charge is 2.21. The predicted octanol–water partition coefficient (Wildman–Crippen LogP) is 2.75. The summed E-state index contributed by atoms with van der Waals surface area (Å²) >= 11 is 0. The molecule has 3 rings (SSSR count). The maximum Gasteiger partial charge on any atom is 0.247 e. The van der Waals surface area contributed by atoms with Crippen LogP contribution in [0.1, 0.15) is 23.1 Å². The van der Waals surface area contributed by atoms with E-state index in [2.05, 4.69) is 11.2 Å². The van der Waals surface area contributed by atoms with E-state index < -0.39 is 0 Å². The minimum Gasteiger partial charge on any atom is -0.497 e. The van der Waals surface area contributed by atoms with Gasteiger partial charge >= 0.3 is 0 Å². The Labute approximate surface area is 140 Å². The number of carbonyl (C=O) groups excluding carboxylic acids is 1. The van der Waals surface area contributed by atoms with Crippen LogP contribution in [-0.2, 0) is 11.2 Å². The number of carbonyl (C=O) groups is 1. The van der Waals surface area contributed by atoms with Gasteiger partial charge in [0.05, 0.1) is 37.4 Å². The first kappa shape index (κ1) is 15.8. The van der Waals surface area contributed by atoms with Gasteiger partial charge in [-0.25, -0.2) is 5.01 Å². The highest BCUT2D eigenvalue weighted by molar-refractivity contribution is 6.02. The van der Waals surface area contributed by atoms with Crippen LogP contribution >= 0.6 is 0 Å². The van der Waals surface area contributed by atoms with Gasteiger partial charge in [0.25, 0.3) is 0 Å². The molecule has 0 aliphatic carbocycles. The standard InChI is InChI=1S/C19H17N3O2/c1-24-17-4-2-3-15(11-17)12-19(23)22-10-9-18(21-22)16-7-5-14(13-20)6-8-16/h2-8,11H,9-10,12H2,1H3. The number of hydrogen-bond acceptors (Lipinski definition) is 4. The van der Waals surface area contributed by atoms with Gasteiger partial charge in [-0.3, -0.25) is 4.79 Å². The number of nitriles is 1. The van der Waals surface area contributed by atoms with E-state index in [1.807, 2.05) is 36.4 Å². The van der Waals surface area contributed by atoms with E-state index in [4.69, 9.17) is 10.00 Å². The summed E-state index contributed by atoms with van der Waals surface area (Å²) in [5.74, 6) is 0.704. The number of amides is 1. The molecule has 0 saturated carbocycles. The smallest absolute Gasteiger partial charge is 0.247 e. The maximum atomic E-state index is 12.4. The minimum absolute atomic E-state index is 0.0353. The van der Waals surface area contributed by atoms with Crippen molar-refractivity contribution in [1.82, 2.24) is 5.01 Å². The largest absolute Gasteiger partial charge is 0.497 e. The van der Waals surface area contributed by atoms with Crippen molar-refractivity contribution >= 4 is 11.6 Å². The number of rotatable bonds is 4. The molecule has 1 aliphatic heterocycles. The van der Waals surface area contributed by atoms with Crippen molar-refractivity contribution in [2.45, 2.75) is 12.8 Å². The molecule has 1 heterocycles. The summed E-state index contributed by atoms with van der Waals surface area (Å²) in [4.78, 5) is 12.4. The van der Waals surface area contributed by atoms with Crippen molar-refractivity contribution in [2.75, 3.05) is 13.7 Å². The molecule has 0 saturated heterocycles.